The van der Waals surface area contributed by atoms with E-state index in [1.807, 2.05) is 33.9 Å². The maximum atomic E-state index is 10.8. The lowest BCUT2D eigenvalue weighted by Gasteiger charge is -2.12. The summed E-state index contributed by atoms with van der Waals surface area (Å²) in [6.07, 6.45) is 13.8. The highest BCUT2D eigenvalue weighted by molar-refractivity contribution is 7.79. The van der Waals surface area contributed by atoms with Gasteiger partial charge in [0.05, 0.1) is 53.5 Å². The first-order valence-corrected chi connectivity index (χ1v) is 11.4. The molecule has 4 aromatic rings. The third-order valence-corrected chi connectivity index (χ3v) is 5.85. The standard InChI is InChI=1S/C20H25N7O2S/c1-3-17(4-2)26-13-16(11-23-26)20-19-6-7-21-27(19)14-18(24-20)15-10-22-25(12-15)8-5-9-30(28)29/h6-7,10-14,17H,3-5,8-9H2,1-2H3,(H,28,29). The molecule has 10 heteroatoms. The molecule has 0 aromatic carbocycles. The number of hydrogen-bond donors (Lipinski definition) is 1. The molecular weight excluding hydrogens is 402 g/mol. The van der Waals surface area contributed by atoms with Gasteiger partial charge in [0.2, 0.25) is 0 Å². The SMILES string of the molecule is CCC(CC)n1cc(-c2nc(-c3cnn(CCCS(=O)O)c3)cn3nccc23)cn1. The molecule has 4 rings (SSSR count). The van der Waals surface area contributed by atoms with Crippen LogP contribution >= 0.6 is 0 Å². The molecular formula is C20H25N7O2S. The zero-order chi connectivity index (χ0) is 21.1. The van der Waals surface area contributed by atoms with E-state index in [1.54, 1.807) is 17.1 Å². The maximum absolute atomic E-state index is 10.8. The Morgan fingerprint density at radius 2 is 1.87 bits per heavy atom. The summed E-state index contributed by atoms with van der Waals surface area (Å²) in [5, 5.41) is 13.3. The Morgan fingerprint density at radius 3 is 2.63 bits per heavy atom. The largest absolute Gasteiger partial charge is 0.306 e. The summed E-state index contributed by atoms with van der Waals surface area (Å²) in [4.78, 5) is 4.90. The highest BCUT2D eigenvalue weighted by Gasteiger charge is 2.15. The van der Waals surface area contributed by atoms with Gasteiger partial charge >= 0.3 is 0 Å². The van der Waals surface area contributed by atoms with Crippen LogP contribution in [0.3, 0.4) is 0 Å². The molecule has 0 aliphatic heterocycles. The molecule has 0 aliphatic carbocycles. The van der Waals surface area contributed by atoms with Crippen LogP contribution in [-0.2, 0) is 17.6 Å². The highest BCUT2D eigenvalue weighted by Crippen LogP contribution is 2.27. The number of aromatic nitrogens is 7. The quantitative estimate of drug-likeness (QED) is 0.411. The second-order valence-corrected chi connectivity index (χ2v) is 8.24. The Balaban J connectivity index is 1.67. The van der Waals surface area contributed by atoms with Gasteiger partial charge < -0.3 is 4.55 Å². The molecule has 4 heterocycles. The van der Waals surface area contributed by atoms with Gasteiger partial charge in [-0.15, -0.1) is 0 Å². The van der Waals surface area contributed by atoms with Gasteiger partial charge in [0.1, 0.15) is 0 Å². The molecule has 4 aromatic heterocycles. The van der Waals surface area contributed by atoms with E-state index in [-0.39, 0.29) is 5.75 Å². The van der Waals surface area contributed by atoms with Crippen LogP contribution in [0.15, 0.2) is 43.2 Å². The number of hydrogen-bond acceptors (Lipinski definition) is 5. The zero-order valence-corrected chi connectivity index (χ0v) is 17.9. The van der Waals surface area contributed by atoms with E-state index in [0.717, 1.165) is 40.9 Å². The maximum Gasteiger partial charge on any atom is 0.152 e. The molecule has 0 saturated carbocycles. The van der Waals surface area contributed by atoms with Gasteiger partial charge in [-0.2, -0.15) is 15.3 Å². The van der Waals surface area contributed by atoms with Crippen LogP contribution in [-0.4, -0.2) is 48.7 Å². The van der Waals surface area contributed by atoms with Crippen molar-refractivity contribution in [3.05, 3.63) is 43.2 Å². The summed E-state index contributed by atoms with van der Waals surface area (Å²) in [7, 11) is 0. The molecule has 0 radical (unpaired) electrons. The third-order valence-electron chi connectivity index (χ3n) is 5.22. The molecule has 1 unspecified atom stereocenters. The molecule has 30 heavy (non-hydrogen) atoms. The second-order valence-electron chi connectivity index (χ2n) is 7.19. The minimum Gasteiger partial charge on any atom is -0.306 e. The van der Waals surface area contributed by atoms with Gasteiger partial charge in [0.25, 0.3) is 0 Å². The van der Waals surface area contributed by atoms with E-state index in [2.05, 4.69) is 35.3 Å². The van der Waals surface area contributed by atoms with Gasteiger partial charge in [-0.1, -0.05) is 13.8 Å². The zero-order valence-electron chi connectivity index (χ0n) is 17.0. The molecule has 0 amide bonds. The summed E-state index contributed by atoms with van der Waals surface area (Å²) in [5.41, 5.74) is 4.32. The van der Waals surface area contributed by atoms with Crippen molar-refractivity contribution in [3.8, 4) is 22.5 Å². The number of rotatable bonds is 9. The molecule has 0 aliphatic rings. The predicted octanol–water partition coefficient (Wildman–Crippen LogP) is 3.43. The summed E-state index contributed by atoms with van der Waals surface area (Å²) in [6, 6.07) is 2.31. The highest BCUT2D eigenvalue weighted by atomic mass is 32.2. The number of aryl methyl sites for hydroxylation is 1. The van der Waals surface area contributed by atoms with Crippen LogP contribution in [0, 0.1) is 0 Å². The molecule has 9 nitrogen and oxygen atoms in total. The summed E-state index contributed by atoms with van der Waals surface area (Å²) < 4.78 is 25.3. The average Bonchev–Trinajstić information content (AvgIpc) is 3.48. The summed E-state index contributed by atoms with van der Waals surface area (Å²) >= 11 is -1.78. The van der Waals surface area contributed by atoms with Crippen molar-refractivity contribution in [3.63, 3.8) is 0 Å². The van der Waals surface area contributed by atoms with Gasteiger partial charge in [-0.3, -0.25) is 9.36 Å². The third kappa shape index (κ3) is 4.19. The van der Waals surface area contributed by atoms with Gasteiger partial charge in [0, 0.05) is 30.1 Å². The van der Waals surface area contributed by atoms with Gasteiger partial charge in [-0.25, -0.2) is 13.7 Å². The van der Waals surface area contributed by atoms with Crippen LogP contribution in [0.2, 0.25) is 0 Å². The van der Waals surface area contributed by atoms with Crippen molar-refractivity contribution in [1.29, 1.82) is 0 Å². The lowest BCUT2D eigenvalue weighted by atomic mass is 10.1. The van der Waals surface area contributed by atoms with Gasteiger partial charge in [-0.05, 0) is 25.3 Å². The van der Waals surface area contributed by atoms with Crippen molar-refractivity contribution < 1.29 is 8.76 Å². The second kappa shape index (κ2) is 8.88. The fourth-order valence-corrected chi connectivity index (χ4v) is 3.95. The minimum atomic E-state index is -1.78. The first-order valence-electron chi connectivity index (χ1n) is 10.1. The van der Waals surface area contributed by atoms with Crippen LogP contribution in [0.5, 0.6) is 0 Å². The molecule has 158 valence electrons. The van der Waals surface area contributed by atoms with Crippen LogP contribution in [0.1, 0.15) is 39.2 Å². The smallest absolute Gasteiger partial charge is 0.152 e. The first-order chi connectivity index (χ1) is 14.6. The minimum absolute atomic E-state index is 0.233. The van der Waals surface area contributed by atoms with Crippen LogP contribution in [0.4, 0.5) is 0 Å². The molecule has 0 spiro atoms. The Kier molecular flexibility index (Phi) is 6.05. The van der Waals surface area contributed by atoms with E-state index < -0.39 is 11.1 Å². The number of fused-ring (bicyclic) bond motifs is 1. The normalized spacial score (nSPS) is 12.8. The van der Waals surface area contributed by atoms with Crippen molar-refractivity contribution in [2.45, 2.75) is 45.7 Å². The van der Waals surface area contributed by atoms with E-state index in [9.17, 15) is 4.21 Å². The van der Waals surface area contributed by atoms with Crippen molar-refractivity contribution in [1.82, 2.24) is 34.2 Å². The Bertz CT molecular complexity index is 1160. The fourth-order valence-electron chi connectivity index (χ4n) is 3.57. The van der Waals surface area contributed by atoms with E-state index >= 15 is 0 Å². The van der Waals surface area contributed by atoms with Crippen molar-refractivity contribution >= 4 is 16.6 Å². The predicted molar refractivity (Wildman–Crippen MR) is 115 cm³/mol. The van der Waals surface area contributed by atoms with Crippen LogP contribution in [0.25, 0.3) is 28.0 Å². The summed E-state index contributed by atoms with van der Waals surface area (Å²) in [5.74, 6) is 0.233. The van der Waals surface area contributed by atoms with Crippen molar-refractivity contribution in [2.24, 2.45) is 0 Å². The molecule has 1 N–H and O–H groups in total. The number of nitrogens with zero attached hydrogens (tertiary/aromatic N) is 7. The average molecular weight is 428 g/mol. The van der Waals surface area contributed by atoms with E-state index in [4.69, 9.17) is 9.54 Å². The Labute approximate surface area is 177 Å². The topological polar surface area (TPSA) is 103 Å². The van der Waals surface area contributed by atoms with Gasteiger partial charge in [0.15, 0.2) is 11.1 Å². The van der Waals surface area contributed by atoms with E-state index in [0.29, 0.717) is 19.0 Å². The first kappa shape index (κ1) is 20.4. The Hall–Kier alpha value is -2.85. The molecule has 1 atom stereocenters. The summed E-state index contributed by atoms with van der Waals surface area (Å²) in [6.45, 7) is 4.91. The lowest BCUT2D eigenvalue weighted by Crippen LogP contribution is -2.06. The monoisotopic (exact) mass is 427 g/mol. The van der Waals surface area contributed by atoms with Crippen LogP contribution < -0.4 is 0 Å². The fraction of sp³-hybridized carbons (Fsp3) is 0.400. The van der Waals surface area contributed by atoms with E-state index in [1.165, 1.54) is 0 Å². The van der Waals surface area contributed by atoms with Crippen molar-refractivity contribution in [2.75, 3.05) is 5.75 Å². The molecule has 0 saturated heterocycles. The Morgan fingerprint density at radius 1 is 1.07 bits per heavy atom. The molecule has 0 bridgehead atoms. The molecule has 0 fully saturated rings. The lowest BCUT2D eigenvalue weighted by molar-refractivity contribution is 0.428.